The maximum absolute atomic E-state index is 11.9. The number of fused-ring (bicyclic) bond motifs is 2. The number of anilines is 1. The number of hydrogen-bond donors (Lipinski definition) is 1. The lowest BCUT2D eigenvalue weighted by Gasteiger charge is -2.26. The molecule has 5 rings (SSSR count). The first-order valence-corrected chi connectivity index (χ1v) is 10.7. The number of carbonyl (C=O) groups is 1. The van der Waals surface area contributed by atoms with Gasteiger partial charge in [0.05, 0.1) is 5.03 Å². The van der Waals surface area contributed by atoms with Crippen LogP contribution < -0.4 is 4.90 Å². The van der Waals surface area contributed by atoms with Crippen molar-refractivity contribution in [2.75, 3.05) is 11.9 Å². The van der Waals surface area contributed by atoms with E-state index in [2.05, 4.69) is 52.4 Å². The fourth-order valence-electron chi connectivity index (χ4n) is 3.85. The average molecular weight is 400 g/mol. The Bertz CT molecular complexity index is 1180. The van der Waals surface area contributed by atoms with Gasteiger partial charge in [0.1, 0.15) is 0 Å². The van der Waals surface area contributed by atoms with Crippen molar-refractivity contribution in [3.05, 3.63) is 78.1 Å². The number of rotatable bonds is 4. The molecule has 0 bridgehead atoms. The standard InChI is InChI=1S/C24H21N3OS/c1-27-22-8-6-17(11-19(22)7-9-24(27)28)20-10-16(13-25-14-20)15-29-23-12-18-4-2-3-5-21(18)26-23/h2-6,8,10-14,26H,7,9,15H2,1H3. The maximum atomic E-state index is 11.9. The molecule has 144 valence electrons. The minimum atomic E-state index is 0.183. The first-order chi connectivity index (χ1) is 14.2. The van der Waals surface area contributed by atoms with Crippen molar-refractivity contribution in [3.63, 3.8) is 0 Å². The number of nitrogens with one attached hydrogen (secondary N) is 1. The highest BCUT2D eigenvalue weighted by atomic mass is 32.2. The molecule has 1 aliphatic rings. The highest BCUT2D eigenvalue weighted by molar-refractivity contribution is 7.98. The molecule has 4 nitrogen and oxygen atoms in total. The Morgan fingerprint density at radius 3 is 2.83 bits per heavy atom. The van der Waals surface area contributed by atoms with Crippen LogP contribution in [0.2, 0.25) is 0 Å². The third-order valence-corrected chi connectivity index (χ3v) is 6.46. The maximum Gasteiger partial charge on any atom is 0.227 e. The SMILES string of the molecule is CN1C(=O)CCc2cc(-c3cncc(CSc4cc5ccccc5[nH]4)c3)ccc21. The number of hydrogen-bond acceptors (Lipinski definition) is 3. The molecule has 0 saturated carbocycles. The molecular formula is C24H21N3OS. The van der Waals surface area contributed by atoms with E-state index in [4.69, 9.17) is 0 Å². The number of H-pyrrole nitrogens is 1. The molecule has 0 atom stereocenters. The largest absolute Gasteiger partial charge is 0.350 e. The fraction of sp³-hybridized carbons (Fsp3) is 0.167. The van der Waals surface area contributed by atoms with Crippen LogP contribution in [0.15, 0.2) is 72.0 Å². The minimum absolute atomic E-state index is 0.183. The molecule has 0 spiro atoms. The lowest BCUT2D eigenvalue weighted by Crippen LogP contribution is -2.30. The monoisotopic (exact) mass is 399 g/mol. The van der Waals surface area contributed by atoms with Gasteiger partial charge in [-0.3, -0.25) is 9.78 Å². The van der Waals surface area contributed by atoms with Gasteiger partial charge in [0.2, 0.25) is 5.91 Å². The summed E-state index contributed by atoms with van der Waals surface area (Å²) >= 11 is 1.79. The van der Waals surface area contributed by atoms with E-state index in [9.17, 15) is 4.79 Å². The van der Waals surface area contributed by atoms with Gasteiger partial charge in [-0.15, -0.1) is 11.8 Å². The van der Waals surface area contributed by atoms with Crippen LogP contribution in [0.4, 0.5) is 5.69 Å². The van der Waals surface area contributed by atoms with Crippen molar-refractivity contribution in [2.45, 2.75) is 23.6 Å². The van der Waals surface area contributed by atoms with E-state index in [-0.39, 0.29) is 5.91 Å². The Kier molecular flexibility index (Phi) is 4.60. The molecule has 1 N–H and O–H groups in total. The summed E-state index contributed by atoms with van der Waals surface area (Å²) in [6.07, 6.45) is 5.22. The molecular weight excluding hydrogens is 378 g/mol. The van der Waals surface area contributed by atoms with Crippen molar-refractivity contribution >= 4 is 34.3 Å². The molecule has 5 heteroatoms. The first kappa shape index (κ1) is 18.0. The molecule has 1 aliphatic heterocycles. The molecule has 29 heavy (non-hydrogen) atoms. The number of aromatic nitrogens is 2. The van der Waals surface area contributed by atoms with Crippen LogP contribution in [0.3, 0.4) is 0 Å². The number of para-hydroxylation sites is 1. The summed E-state index contributed by atoms with van der Waals surface area (Å²) in [5, 5.41) is 2.40. The van der Waals surface area contributed by atoms with Gasteiger partial charge in [-0.25, -0.2) is 0 Å². The normalized spacial score (nSPS) is 13.7. The number of carbonyl (C=O) groups excluding carboxylic acids is 1. The molecule has 3 heterocycles. The zero-order valence-electron chi connectivity index (χ0n) is 16.2. The molecule has 2 aromatic carbocycles. The summed E-state index contributed by atoms with van der Waals surface area (Å²) in [6, 6.07) is 19.1. The summed E-state index contributed by atoms with van der Waals surface area (Å²) in [5.41, 5.74) is 6.86. The summed E-state index contributed by atoms with van der Waals surface area (Å²) in [4.78, 5) is 21.6. The Balaban J connectivity index is 1.36. The van der Waals surface area contributed by atoms with Gasteiger partial charge in [0.15, 0.2) is 0 Å². The molecule has 0 radical (unpaired) electrons. The number of aryl methyl sites for hydroxylation is 1. The predicted molar refractivity (Wildman–Crippen MR) is 119 cm³/mol. The average Bonchev–Trinajstić information content (AvgIpc) is 3.18. The minimum Gasteiger partial charge on any atom is -0.350 e. The van der Waals surface area contributed by atoms with Crippen LogP contribution in [-0.4, -0.2) is 22.9 Å². The summed E-state index contributed by atoms with van der Waals surface area (Å²) in [7, 11) is 1.85. The highest BCUT2D eigenvalue weighted by Crippen LogP contribution is 2.32. The zero-order chi connectivity index (χ0) is 19.8. The van der Waals surface area contributed by atoms with Crippen LogP contribution in [0.25, 0.3) is 22.0 Å². The summed E-state index contributed by atoms with van der Waals surface area (Å²) in [5.74, 6) is 1.04. The van der Waals surface area contributed by atoms with Gasteiger partial charge < -0.3 is 9.88 Å². The summed E-state index contributed by atoms with van der Waals surface area (Å²) in [6.45, 7) is 0. The van der Waals surface area contributed by atoms with E-state index in [0.29, 0.717) is 6.42 Å². The van der Waals surface area contributed by atoms with Crippen LogP contribution >= 0.6 is 11.8 Å². The van der Waals surface area contributed by atoms with Gasteiger partial charge in [-0.05, 0) is 53.4 Å². The van der Waals surface area contributed by atoms with E-state index in [1.807, 2.05) is 31.6 Å². The smallest absolute Gasteiger partial charge is 0.227 e. The molecule has 0 unspecified atom stereocenters. The molecule has 0 aliphatic carbocycles. The second-order valence-corrected chi connectivity index (χ2v) is 8.40. The van der Waals surface area contributed by atoms with Crippen molar-refractivity contribution in [1.29, 1.82) is 0 Å². The van der Waals surface area contributed by atoms with E-state index in [1.165, 1.54) is 22.0 Å². The van der Waals surface area contributed by atoms with E-state index in [0.717, 1.165) is 34.0 Å². The van der Waals surface area contributed by atoms with Crippen molar-refractivity contribution in [2.24, 2.45) is 0 Å². The van der Waals surface area contributed by atoms with Crippen LogP contribution in [-0.2, 0) is 17.0 Å². The topological polar surface area (TPSA) is 49.0 Å². The van der Waals surface area contributed by atoms with Gasteiger partial charge in [-0.1, -0.05) is 24.3 Å². The van der Waals surface area contributed by atoms with Crippen molar-refractivity contribution in [3.8, 4) is 11.1 Å². The van der Waals surface area contributed by atoms with Gasteiger partial charge in [-0.2, -0.15) is 0 Å². The lowest BCUT2D eigenvalue weighted by molar-refractivity contribution is -0.118. The second kappa shape index (κ2) is 7.41. The van der Waals surface area contributed by atoms with E-state index < -0.39 is 0 Å². The zero-order valence-corrected chi connectivity index (χ0v) is 17.0. The lowest BCUT2D eigenvalue weighted by atomic mass is 9.96. The highest BCUT2D eigenvalue weighted by Gasteiger charge is 2.21. The third-order valence-electron chi connectivity index (χ3n) is 5.45. The quantitative estimate of drug-likeness (QED) is 0.466. The van der Waals surface area contributed by atoms with Crippen LogP contribution in [0, 0.1) is 0 Å². The van der Waals surface area contributed by atoms with E-state index in [1.54, 1.807) is 16.7 Å². The van der Waals surface area contributed by atoms with Gasteiger partial charge >= 0.3 is 0 Å². The fourth-order valence-corrected chi connectivity index (χ4v) is 4.72. The second-order valence-electron chi connectivity index (χ2n) is 7.39. The Labute approximate surface area is 174 Å². The van der Waals surface area contributed by atoms with Crippen LogP contribution in [0.5, 0.6) is 0 Å². The number of pyridine rings is 1. The van der Waals surface area contributed by atoms with Gasteiger partial charge in [0, 0.05) is 53.8 Å². The number of aromatic amines is 1. The summed E-state index contributed by atoms with van der Waals surface area (Å²) < 4.78 is 0. The molecule has 0 fully saturated rings. The van der Waals surface area contributed by atoms with E-state index >= 15 is 0 Å². The Hall–Kier alpha value is -3.05. The Morgan fingerprint density at radius 2 is 1.93 bits per heavy atom. The van der Waals surface area contributed by atoms with Gasteiger partial charge in [0.25, 0.3) is 0 Å². The first-order valence-electron chi connectivity index (χ1n) is 9.72. The number of nitrogens with zero attached hydrogens (tertiary/aromatic N) is 2. The molecule has 1 amide bonds. The van der Waals surface area contributed by atoms with Crippen molar-refractivity contribution in [1.82, 2.24) is 9.97 Å². The molecule has 0 saturated heterocycles. The molecule has 4 aromatic rings. The predicted octanol–water partition coefficient (Wildman–Crippen LogP) is 5.43. The Morgan fingerprint density at radius 1 is 1.03 bits per heavy atom. The van der Waals surface area contributed by atoms with Crippen molar-refractivity contribution < 1.29 is 4.79 Å². The molecule has 2 aromatic heterocycles. The number of thioether (sulfide) groups is 1. The number of benzene rings is 2. The van der Waals surface area contributed by atoms with Crippen LogP contribution in [0.1, 0.15) is 17.5 Å². The third kappa shape index (κ3) is 3.54. The number of amides is 1.